The van der Waals surface area contributed by atoms with Crippen LogP contribution in [0.2, 0.25) is 0 Å². The molecule has 1 aliphatic heterocycles. The van der Waals surface area contributed by atoms with Gasteiger partial charge in [-0.05, 0) is 38.0 Å². The van der Waals surface area contributed by atoms with E-state index in [1.165, 1.54) is 4.31 Å². The third kappa shape index (κ3) is 5.52. The first kappa shape index (κ1) is 20.0. The molecule has 0 atom stereocenters. The van der Waals surface area contributed by atoms with Crippen molar-refractivity contribution >= 4 is 45.6 Å². The van der Waals surface area contributed by atoms with Gasteiger partial charge in [-0.1, -0.05) is 12.1 Å². The topological polar surface area (TPSA) is 73.8 Å². The fourth-order valence-corrected chi connectivity index (χ4v) is 3.98. The van der Waals surface area contributed by atoms with Crippen LogP contribution in [0.3, 0.4) is 0 Å². The second-order valence-corrected chi connectivity index (χ2v) is 7.15. The van der Waals surface area contributed by atoms with Gasteiger partial charge in [0.2, 0.25) is 10.0 Å². The van der Waals surface area contributed by atoms with Crippen LogP contribution in [0.15, 0.2) is 29.3 Å². The van der Waals surface area contributed by atoms with Crippen LogP contribution < -0.4 is 14.9 Å². The van der Waals surface area contributed by atoms with Crippen molar-refractivity contribution in [3.8, 4) is 0 Å². The number of aliphatic imine (C=N–C) groups is 1. The number of hydrogen-bond donors (Lipinski definition) is 2. The van der Waals surface area contributed by atoms with Gasteiger partial charge >= 0.3 is 0 Å². The summed E-state index contributed by atoms with van der Waals surface area (Å²) >= 11 is 0. The molecule has 0 unspecified atom stereocenters. The highest BCUT2D eigenvalue weighted by molar-refractivity contribution is 14.0. The van der Waals surface area contributed by atoms with E-state index in [4.69, 9.17) is 0 Å². The van der Waals surface area contributed by atoms with Crippen LogP contribution in [0, 0.1) is 0 Å². The number of sulfonamides is 1. The molecule has 8 heteroatoms. The lowest BCUT2D eigenvalue weighted by Gasteiger charge is -2.17. The van der Waals surface area contributed by atoms with E-state index in [1.807, 2.05) is 38.1 Å². The van der Waals surface area contributed by atoms with E-state index in [0.29, 0.717) is 19.5 Å². The Balaban J connectivity index is 0.00000264. The fourth-order valence-electron chi connectivity index (χ4n) is 2.42. The maximum Gasteiger partial charge on any atom is 0.235 e. The van der Waals surface area contributed by atoms with Crippen molar-refractivity contribution in [3.05, 3.63) is 29.8 Å². The van der Waals surface area contributed by atoms with Crippen LogP contribution in [0.1, 0.15) is 25.8 Å². The summed E-state index contributed by atoms with van der Waals surface area (Å²) in [5.41, 5.74) is 1.73. The van der Waals surface area contributed by atoms with Crippen LogP contribution in [-0.4, -0.2) is 39.8 Å². The minimum absolute atomic E-state index is 0. The van der Waals surface area contributed by atoms with Crippen LogP contribution in [0.25, 0.3) is 0 Å². The van der Waals surface area contributed by atoms with E-state index in [9.17, 15) is 8.42 Å². The summed E-state index contributed by atoms with van der Waals surface area (Å²) in [5.74, 6) is 1.00. The molecular formula is C15H25IN4O2S. The summed E-state index contributed by atoms with van der Waals surface area (Å²) in [7, 11) is -3.13. The van der Waals surface area contributed by atoms with Gasteiger partial charge in [0.05, 0.1) is 18.0 Å². The van der Waals surface area contributed by atoms with Crippen molar-refractivity contribution in [2.24, 2.45) is 4.99 Å². The van der Waals surface area contributed by atoms with Gasteiger partial charge in [0.15, 0.2) is 5.96 Å². The zero-order valence-corrected chi connectivity index (χ0v) is 16.7. The lowest BCUT2D eigenvalue weighted by molar-refractivity contribution is 0.599. The molecule has 0 spiro atoms. The fraction of sp³-hybridized carbons (Fsp3) is 0.533. The summed E-state index contributed by atoms with van der Waals surface area (Å²) in [6.45, 7) is 6.72. The van der Waals surface area contributed by atoms with Crippen molar-refractivity contribution in [1.29, 1.82) is 0 Å². The van der Waals surface area contributed by atoms with Crippen LogP contribution >= 0.6 is 24.0 Å². The Labute approximate surface area is 155 Å². The zero-order valence-electron chi connectivity index (χ0n) is 13.6. The number of rotatable bonds is 5. The van der Waals surface area contributed by atoms with Gasteiger partial charge in [-0.2, -0.15) is 0 Å². The molecule has 1 aromatic carbocycles. The van der Waals surface area contributed by atoms with Gasteiger partial charge in [0, 0.05) is 19.6 Å². The van der Waals surface area contributed by atoms with Crippen molar-refractivity contribution in [1.82, 2.24) is 10.6 Å². The van der Waals surface area contributed by atoms with E-state index in [0.717, 1.165) is 30.3 Å². The molecule has 1 heterocycles. The number of benzene rings is 1. The van der Waals surface area contributed by atoms with Crippen molar-refractivity contribution < 1.29 is 8.42 Å². The highest BCUT2D eigenvalue weighted by Gasteiger charge is 2.28. The third-order valence-electron chi connectivity index (χ3n) is 3.41. The number of nitrogens with one attached hydrogen (secondary N) is 2. The van der Waals surface area contributed by atoms with Crippen LogP contribution in [0.5, 0.6) is 0 Å². The molecule has 1 aromatic rings. The molecule has 6 nitrogen and oxygen atoms in total. The molecule has 0 amide bonds. The quantitative estimate of drug-likeness (QED) is 0.407. The second kappa shape index (κ2) is 9.31. The van der Waals surface area contributed by atoms with Gasteiger partial charge in [-0.25, -0.2) is 13.4 Å². The van der Waals surface area contributed by atoms with E-state index in [1.54, 1.807) is 0 Å². The molecule has 1 aliphatic rings. The number of nitrogens with zero attached hydrogens (tertiary/aromatic N) is 2. The summed E-state index contributed by atoms with van der Waals surface area (Å²) in [5, 5.41) is 6.34. The molecule has 0 bridgehead atoms. The minimum Gasteiger partial charge on any atom is -0.357 e. The monoisotopic (exact) mass is 452 g/mol. The predicted octanol–water partition coefficient (Wildman–Crippen LogP) is 1.92. The molecule has 0 aliphatic carbocycles. The van der Waals surface area contributed by atoms with Gasteiger partial charge < -0.3 is 10.6 Å². The maximum atomic E-state index is 12.0. The Hall–Kier alpha value is -1.03. The largest absolute Gasteiger partial charge is 0.357 e. The highest BCUT2D eigenvalue weighted by atomic mass is 127. The van der Waals surface area contributed by atoms with E-state index >= 15 is 0 Å². The normalized spacial score (nSPS) is 15.7. The average Bonchev–Trinajstić information content (AvgIpc) is 2.85. The first-order valence-electron chi connectivity index (χ1n) is 7.68. The summed E-state index contributed by atoms with van der Waals surface area (Å²) < 4.78 is 25.5. The van der Waals surface area contributed by atoms with Crippen LogP contribution in [0.4, 0.5) is 5.69 Å². The standard InChI is InChI=1S/C15H24N4O2S.HI/c1-3-16-15(17-4-2)18-12-13-7-5-8-14(11-13)19-9-6-10-22(19,20)21;/h5,7-8,11H,3-4,6,9-10,12H2,1-2H3,(H2,16,17,18);1H. The minimum atomic E-state index is -3.13. The zero-order chi connectivity index (χ0) is 16.0. The van der Waals surface area contributed by atoms with E-state index < -0.39 is 10.0 Å². The van der Waals surface area contributed by atoms with E-state index in [2.05, 4.69) is 15.6 Å². The van der Waals surface area contributed by atoms with Crippen molar-refractivity contribution in [3.63, 3.8) is 0 Å². The number of anilines is 1. The molecule has 2 N–H and O–H groups in total. The lowest BCUT2D eigenvalue weighted by Crippen LogP contribution is -2.36. The van der Waals surface area contributed by atoms with Crippen molar-refractivity contribution in [2.45, 2.75) is 26.8 Å². The molecular weight excluding hydrogens is 427 g/mol. The Morgan fingerprint density at radius 3 is 2.52 bits per heavy atom. The molecule has 1 fully saturated rings. The number of guanidine groups is 1. The smallest absolute Gasteiger partial charge is 0.235 e. The third-order valence-corrected chi connectivity index (χ3v) is 5.28. The summed E-state index contributed by atoms with van der Waals surface area (Å²) in [6.07, 6.45) is 0.690. The molecule has 130 valence electrons. The molecule has 2 rings (SSSR count). The SMILES string of the molecule is CCNC(=NCc1cccc(N2CCCS2(=O)=O)c1)NCC.I. The highest BCUT2D eigenvalue weighted by Crippen LogP contribution is 2.24. The Morgan fingerprint density at radius 2 is 1.96 bits per heavy atom. The maximum absolute atomic E-state index is 12.0. The first-order valence-corrected chi connectivity index (χ1v) is 9.29. The first-order chi connectivity index (χ1) is 10.6. The second-order valence-electron chi connectivity index (χ2n) is 5.14. The van der Waals surface area contributed by atoms with Gasteiger partial charge in [0.25, 0.3) is 0 Å². The molecule has 23 heavy (non-hydrogen) atoms. The van der Waals surface area contributed by atoms with Gasteiger partial charge in [-0.3, -0.25) is 4.31 Å². The van der Waals surface area contributed by atoms with Gasteiger partial charge in [-0.15, -0.1) is 24.0 Å². The number of halogens is 1. The Bertz CT molecular complexity index is 626. The predicted molar refractivity (Wildman–Crippen MR) is 106 cm³/mol. The molecule has 0 radical (unpaired) electrons. The van der Waals surface area contributed by atoms with E-state index in [-0.39, 0.29) is 29.7 Å². The Kier molecular flexibility index (Phi) is 8.10. The van der Waals surface area contributed by atoms with Crippen molar-refractivity contribution in [2.75, 3.05) is 29.7 Å². The molecule has 0 aromatic heterocycles. The lowest BCUT2D eigenvalue weighted by atomic mass is 10.2. The molecule has 0 saturated carbocycles. The average molecular weight is 452 g/mol. The van der Waals surface area contributed by atoms with Gasteiger partial charge in [0.1, 0.15) is 0 Å². The molecule has 1 saturated heterocycles. The Morgan fingerprint density at radius 1 is 1.26 bits per heavy atom. The summed E-state index contributed by atoms with van der Waals surface area (Å²) in [4.78, 5) is 4.50. The number of hydrogen-bond acceptors (Lipinski definition) is 3. The summed E-state index contributed by atoms with van der Waals surface area (Å²) in [6, 6.07) is 7.59. The van der Waals surface area contributed by atoms with Crippen LogP contribution in [-0.2, 0) is 16.6 Å².